The van der Waals surface area contributed by atoms with Crippen molar-refractivity contribution < 1.29 is 5.11 Å². The van der Waals surface area contributed by atoms with Gasteiger partial charge in [-0.05, 0) is 48.7 Å². The van der Waals surface area contributed by atoms with Gasteiger partial charge in [0.15, 0.2) is 0 Å². The van der Waals surface area contributed by atoms with E-state index in [1.54, 1.807) is 11.3 Å². The highest BCUT2D eigenvalue weighted by atomic mass is 32.1. The molecule has 1 fully saturated rings. The van der Waals surface area contributed by atoms with Gasteiger partial charge < -0.3 is 16.2 Å². The van der Waals surface area contributed by atoms with Gasteiger partial charge in [-0.15, -0.1) is 11.3 Å². The molecule has 1 unspecified atom stereocenters. The minimum Gasteiger partial charge on any atom is -0.388 e. The zero-order valence-corrected chi connectivity index (χ0v) is 11.7. The van der Waals surface area contributed by atoms with E-state index >= 15 is 0 Å². The fourth-order valence-corrected chi connectivity index (χ4v) is 3.44. The van der Waals surface area contributed by atoms with Gasteiger partial charge in [-0.2, -0.15) is 0 Å². The van der Waals surface area contributed by atoms with E-state index in [2.05, 4.69) is 11.4 Å². The standard InChI is InChI=1S/C14H24N2OS/c15-7-6-13(17)12-8-14(18-10-12)16-9-11-4-2-1-3-5-11/h8,10-11,13,16-17H,1-7,9,15H2. The van der Waals surface area contributed by atoms with Crippen LogP contribution >= 0.6 is 11.3 Å². The van der Waals surface area contributed by atoms with Gasteiger partial charge in [-0.1, -0.05) is 19.3 Å². The zero-order valence-electron chi connectivity index (χ0n) is 10.9. The average molecular weight is 268 g/mol. The summed E-state index contributed by atoms with van der Waals surface area (Å²) in [6, 6.07) is 2.06. The monoisotopic (exact) mass is 268 g/mol. The first-order chi connectivity index (χ1) is 8.79. The third-order valence-corrected chi connectivity index (χ3v) is 4.64. The third-order valence-electron chi connectivity index (χ3n) is 3.73. The van der Waals surface area contributed by atoms with Crippen LogP contribution in [-0.2, 0) is 0 Å². The molecule has 1 aromatic rings. The van der Waals surface area contributed by atoms with Crippen molar-refractivity contribution in [1.82, 2.24) is 0 Å². The molecule has 3 nitrogen and oxygen atoms in total. The normalized spacial score (nSPS) is 18.8. The molecular formula is C14H24N2OS. The summed E-state index contributed by atoms with van der Waals surface area (Å²) in [7, 11) is 0. The van der Waals surface area contributed by atoms with Crippen molar-refractivity contribution in [2.75, 3.05) is 18.4 Å². The van der Waals surface area contributed by atoms with Crippen molar-refractivity contribution >= 4 is 16.3 Å². The van der Waals surface area contributed by atoms with Gasteiger partial charge in [0.25, 0.3) is 0 Å². The molecule has 0 spiro atoms. The maximum atomic E-state index is 9.85. The minimum absolute atomic E-state index is 0.406. The quantitative estimate of drug-likeness (QED) is 0.743. The molecule has 18 heavy (non-hydrogen) atoms. The lowest BCUT2D eigenvalue weighted by atomic mass is 9.89. The van der Waals surface area contributed by atoms with Gasteiger partial charge in [0.2, 0.25) is 0 Å². The number of anilines is 1. The molecule has 0 amide bonds. The van der Waals surface area contributed by atoms with E-state index in [0.29, 0.717) is 13.0 Å². The molecule has 2 rings (SSSR count). The number of hydrogen-bond acceptors (Lipinski definition) is 4. The van der Waals surface area contributed by atoms with Crippen LogP contribution in [0.3, 0.4) is 0 Å². The van der Waals surface area contributed by atoms with Gasteiger partial charge in [0.1, 0.15) is 0 Å². The van der Waals surface area contributed by atoms with Gasteiger partial charge in [-0.25, -0.2) is 0 Å². The Balaban J connectivity index is 1.79. The second-order valence-corrected chi connectivity index (χ2v) is 6.13. The molecule has 1 saturated carbocycles. The summed E-state index contributed by atoms with van der Waals surface area (Å²) < 4.78 is 0. The second kappa shape index (κ2) is 7.12. The Morgan fingerprint density at radius 1 is 1.39 bits per heavy atom. The Morgan fingerprint density at radius 3 is 2.89 bits per heavy atom. The largest absolute Gasteiger partial charge is 0.388 e. The Morgan fingerprint density at radius 2 is 2.17 bits per heavy atom. The van der Waals surface area contributed by atoms with E-state index in [9.17, 15) is 5.11 Å². The molecule has 1 aromatic heterocycles. The Bertz CT molecular complexity index is 347. The number of rotatable bonds is 6. The van der Waals surface area contributed by atoms with Crippen LogP contribution in [0.15, 0.2) is 11.4 Å². The summed E-state index contributed by atoms with van der Waals surface area (Å²) in [6.45, 7) is 1.61. The van der Waals surface area contributed by atoms with Crippen LogP contribution in [0.2, 0.25) is 0 Å². The van der Waals surface area contributed by atoms with Crippen molar-refractivity contribution in [1.29, 1.82) is 0 Å². The highest BCUT2D eigenvalue weighted by Gasteiger charge is 2.14. The van der Waals surface area contributed by atoms with E-state index in [1.165, 1.54) is 37.1 Å². The molecule has 0 aliphatic heterocycles. The van der Waals surface area contributed by atoms with Gasteiger partial charge in [-0.3, -0.25) is 0 Å². The topological polar surface area (TPSA) is 58.3 Å². The summed E-state index contributed by atoms with van der Waals surface area (Å²) in [5.74, 6) is 0.832. The predicted molar refractivity (Wildman–Crippen MR) is 78.0 cm³/mol. The first-order valence-corrected chi connectivity index (χ1v) is 7.88. The van der Waals surface area contributed by atoms with Crippen molar-refractivity contribution in [2.24, 2.45) is 11.7 Å². The van der Waals surface area contributed by atoms with Crippen LogP contribution < -0.4 is 11.1 Å². The molecule has 4 heteroatoms. The van der Waals surface area contributed by atoms with Gasteiger partial charge in [0, 0.05) is 6.54 Å². The Kier molecular flexibility index (Phi) is 5.47. The molecule has 4 N–H and O–H groups in total. The lowest BCUT2D eigenvalue weighted by Gasteiger charge is -2.21. The molecule has 0 bridgehead atoms. The van der Waals surface area contributed by atoms with Crippen LogP contribution in [0, 0.1) is 5.92 Å². The smallest absolute Gasteiger partial charge is 0.0886 e. The van der Waals surface area contributed by atoms with Gasteiger partial charge >= 0.3 is 0 Å². The Labute approximate surface area is 113 Å². The summed E-state index contributed by atoms with van der Waals surface area (Å²) in [5, 5.41) is 16.6. The van der Waals surface area contributed by atoms with Crippen molar-refractivity contribution in [3.05, 3.63) is 17.0 Å². The SMILES string of the molecule is NCCC(O)c1csc(NCC2CCCCC2)c1. The van der Waals surface area contributed by atoms with Crippen molar-refractivity contribution in [2.45, 2.75) is 44.6 Å². The number of aliphatic hydroxyl groups is 1. The lowest BCUT2D eigenvalue weighted by Crippen LogP contribution is -2.16. The van der Waals surface area contributed by atoms with Crippen LogP contribution in [0.1, 0.15) is 50.2 Å². The zero-order chi connectivity index (χ0) is 12.8. The molecule has 0 radical (unpaired) electrons. The highest BCUT2D eigenvalue weighted by molar-refractivity contribution is 7.14. The number of hydrogen-bond donors (Lipinski definition) is 3. The van der Waals surface area contributed by atoms with Crippen molar-refractivity contribution in [3.8, 4) is 0 Å². The molecular weight excluding hydrogens is 244 g/mol. The van der Waals surface area contributed by atoms with Crippen LogP contribution in [0.5, 0.6) is 0 Å². The first-order valence-electron chi connectivity index (χ1n) is 7.00. The van der Waals surface area contributed by atoms with E-state index in [4.69, 9.17) is 5.73 Å². The lowest BCUT2D eigenvalue weighted by molar-refractivity contribution is 0.171. The second-order valence-electron chi connectivity index (χ2n) is 5.22. The van der Waals surface area contributed by atoms with E-state index in [-0.39, 0.29) is 0 Å². The maximum absolute atomic E-state index is 9.85. The average Bonchev–Trinajstić information content (AvgIpc) is 2.87. The molecule has 102 valence electrons. The maximum Gasteiger partial charge on any atom is 0.0886 e. The summed E-state index contributed by atoms with van der Waals surface area (Å²) in [6.07, 6.45) is 7.14. The highest BCUT2D eigenvalue weighted by Crippen LogP contribution is 2.28. The molecule has 1 heterocycles. The van der Waals surface area contributed by atoms with Crippen LogP contribution in [-0.4, -0.2) is 18.2 Å². The fourth-order valence-electron chi connectivity index (χ4n) is 2.58. The molecule has 1 aliphatic carbocycles. The summed E-state index contributed by atoms with van der Waals surface area (Å²) in [5.41, 5.74) is 6.45. The van der Waals surface area contributed by atoms with Crippen molar-refractivity contribution in [3.63, 3.8) is 0 Å². The van der Waals surface area contributed by atoms with E-state index in [0.717, 1.165) is 18.0 Å². The molecule has 1 atom stereocenters. The Hall–Kier alpha value is -0.580. The number of nitrogens with one attached hydrogen (secondary N) is 1. The number of nitrogens with two attached hydrogens (primary N) is 1. The summed E-state index contributed by atoms with van der Waals surface area (Å²) in [4.78, 5) is 0. The molecule has 0 saturated heterocycles. The number of thiophene rings is 1. The fraction of sp³-hybridized carbons (Fsp3) is 0.714. The first kappa shape index (κ1) is 13.8. The van der Waals surface area contributed by atoms with Crippen LogP contribution in [0.4, 0.5) is 5.00 Å². The predicted octanol–water partition coefficient (Wildman–Crippen LogP) is 3.12. The molecule has 0 aromatic carbocycles. The molecule has 1 aliphatic rings. The van der Waals surface area contributed by atoms with Gasteiger partial charge in [0.05, 0.1) is 11.1 Å². The minimum atomic E-state index is -0.406. The number of aliphatic hydroxyl groups excluding tert-OH is 1. The van der Waals surface area contributed by atoms with E-state index in [1.807, 2.05) is 5.38 Å². The van der Waals surface area contributed by atoms with Crippen LogP contribution in [0.25, 0.3) is 0 Å². The third kappa shape index (κ3) is 3.97. The van der Waals surface area contributed by atoms with E-state index < -0.39 is 6.10 Å². The summed E-state index contributed by atoms with van der Waals surface area (Å²) >= 11 is 1.68.